The maximum atomic E-state index is 12.7. The van der Waals surface area contributed by atoms with Gasteiger partial charge < -0.3 is 15.4 Å². The van der Waals surface area contributed by atoms with Gasteiger partial charge in [0.2, 0.25) is 5.91 Å². The summed E-state index contributed by atoms with van der Waals surface area (Å²) in [6.45, 7) is 7.29. The van der Waals surface area contributed by atoms with Crippen molar-refractivity contribution in [3.8, 4) is 5.75 Å². The summed E-state index contributed by atoms with van der Waals surface area (Å²) >= 11 is 2.90. The van der Waals surface area contributed by atoms with E-state index in [1.54, 1.807) is 0 Å². The molecule has 0 radical (unpaired) electrons. The van der Waals surface area contributed by atoms with Crippen LogP contribution in [0.1, 0.15) is 36.7 Å². The van der Waals surface area contributed by atoms with Crippen LogP contribution in [0, 0.1) is 0 Å². The van der Waals surface area contributed by atoms with Crippen LogP contribution in [-0.4, -0.2) is 35.7 Å². The highest BCUT2D eigenvalue weighted by Crippen LogP contribution is 2.31. The molecule has 0 aliphatic rings. The van der Waals surface area contributed by atoms with E-state index in [1.165, 1.54) is 28.7 Å². The molecule has 0 bridgehead atoms. The SMILES string of the molecule is CC(C)(C)c1ccc(C(=O)Nc2ccc3nc(SCC(=O)NCCOc4ccccc4)sc3c2)cc1. The summed E-state index contributed by atoms with van der Waals surface area (Å²) in [6.07, 6.45) is 0. The van der Waals surface area contributed by atoms with Gasteiger partial charge in [0.15, 0.2) is 4.34 Å². The van der Waals surface area contributed by atoms with Gasteiger partial charge >= 0.3 is 0 Å². The van der Waals surface area contributed by atoms with Crippen molar-refractivity contribution in [2.75, 3.05) is 24.2 Å². The second kappa shape index (κ2) is 11.6. The van der Waals surface area contributed by atoms with Crippen molar-refractivity contribution in [3.05, 3.63) is 83.9 Å². The number of benzene rings is 3. The van der Waals surface area contributed by atoms with Crippen molar-refractivity contribution in [1.29, 1.82) is 0 Å². The molecule has 1 aromatic heterocycles. The topological polar surface area (TPSA) is 80.3 Å². The fourth-order valence-corrected chi connectivity index (χ4v) is 5.36. The molecule has 0 spiro atoms. The first kappa shape index (κ1) is 25.7. The van der Waals surface area contributed by atoms with E-state index in [1.807, 2.05) is 72.8 Å². The lowest BCUT2D eigenvalue weighted by molar-refractivity contribution is -0.118. The quantitative estimate of drug-likeness (QED) is 0.205. The highest BCUT2D eigenvalue weighted by molar-refractivity contribution is 8.01. The average Bonchev–Trinajstić information content (AvgIpc) is 3.28. The van der Waals surface area contributed by atoms with Gasteiger partial charge in [0, 0.05) is 11.3 Å². The predicted molar refractivity (Wildman–Crippen MR) is 148 cm³/mol. The molecule has 6 nitrogen and oxygen atoms in total. The minimum Gasteiger partial charge on any atom is -0.492 e. The zero-order valence-corrected chi connectivity index (χ0v) is 22.2. The van der Waals surface area contributed by atoms with E-state index in [9.17, 15) is 9.59 Å². The molecule has 4 rings (SSSR count). The minimum atomic E-state index is -0.151. The lowest BCUT2D eigenvalue weighted by Gasteiger charge is -2.19. The molecular weight excluding hydrogens is 490 g/mol. The number of nitrogens with one attached hydrogen (secondary N) is 2. The van der Waals surface area contributed by atoms with Gasteiger partial charge in [0.05, 0.1) is 22.5 Å². The molecule has 186 valence electrons. The molecular formula is C28H29N3O3S2. The van der Waals surface area contributed by atoms with Gasteiger partial charge in [-0.15, -0.1) is 11.3 Å². The lowest BCUT2D eigenvalue weighted by atomic mass is 9.87. The number of nitrogens with zero attached hydrogens (tertiary/aromatic N) is 1. The monoisotopic (exact) mass is 519 g/mol. The van der Waals surface area contributed by atoms with E-state index in [2.05, 4.69) is 36.4 Å². The van der Waals surface area contributed by atoms with Crippen molar-refractivity contribution in [1.82, 2.24) is 10.3 Å². The van der Waals surface area contributed by atoms with Gasteiger partial charge in [-0.2, -0.15) is 0 Å². The number of carbonyl (C=O) groups is 2. The molecule has 0 atom stereocenters. The maximum absolute atomic E-state index is 12.7. The Morgan fingerprint density at radius 1 is 1.00 bits per heavy atom. The number of carbonyl (C=O) groups excluding carboxylic acids is 2. The largest absolute Gasteiger partial charge is 0.492 e. The first-order chi connectivity index (χ1) is 17.3. The van der Waals surface area contributed by atoms with Crippen molar-refractivity contribution in [2.45, 2.75) is 30.5 Å². The number of hydrogen-bond donors (Lipinski definition) is 2. The first-order valence-corrected chi connectivity index (χ1v) is 13.5. The van der Waals surface area contributed by atoms with E-state index in [0.29, 0.717) is 24.4 Å². The van der Waals surface area contributed by atoms with Crippen molar-refractivity contribution in [3.63, 3.8) is 0 Å². The zero-order valence-electron chi connectivity index (χ0n) is 20.5. The number of anilines is 1. The molecule has 0 fully saturated rings. The number of thioether (sulfide) groups is 1. The van der Waals surface area contributed by atoms with Crippen molar-refractivity contribution in [2.24, 2.45) is 0 Å². The molecule has 0 saturated carbocycles. The number of thiazole rings is 1. The highest BCUT2D eigenvalue weighted by Gasteiger charge is 2.15. The second-order valence-corrected chi connectivity index (χ2v) is 11.5. The van der Waals surface area contributed by atoms with Gasteiger partial charge in [0.25, 0.3) is 5.91 Å². The van der Waals surface area contributed by atoms with E-state index in [4.69, 9.17) is 4.74 Å². The van der Waals surface area contributed by atoms with Gasteiger partial charge in [0.1, 0.15) is 12.4 Å². The van der Waals surface area contributed by atoms with Crippen LogP contribution >= 0.6 is 23.1 Å². The Morgan fingerprint density at radius 2 is 1.75 bits per heavy atom. The third kappa shape index (κ3) is 7.08. The number of ether oxygens (including phenoxy) is 1. The van der Waals surface area contributed by atoms with Crippen LogP contribution in [0.3, 0.4) is 0 Å². The fourth-order valence-electron chi connectivity index (χ4n) is 3.42. The Balaban J connectivity index is 1.27. The average molecular weight is 520 g/mol. The molecule has 0 aliphatic heterocycles. The molecule has 3 aromatic carbocycles. The fraction of sp³-hybridized carbons (Fsp3) is 0.250. The number of para-hydroxylation sites is 1. The van der Waals surface area contributed by atoms with E-state index in [0.717, 1.165) is 20.3 Å². The van der Waals surface area contributed by atoms with Gasteiger partial charge in [-0.25, -0.2) is 4.98 Å². The molecule has 2 amide bonds. The Kier molecular flexibility index (Phi) is 8.28. The molecule has 0 unspecified atom stereocenters. The normalized spacial score (nSPS) is 11.3. The number of hydrogen-bond acceptors (Lipinski definition) is 6. The molecule has 8 heteroatoms. The number of fused-ring (bicyclic) bond motifs is 1. The summed E-state index contributed by atoms with van der Waals surface area (Å²) in [4.78, 5) is 29.5. The van der Waals surface area contributed by atoms with E-state index < -0.39 is 0 Å². The number of rotatable bonds is 9. The summed E-state index contributed by atoms with van der Waals surface area (Å²) in [6, 6.07) is 22.9. The minimum absolute atomic E-state index is 0.0411. The van der Waals surface area contributed by atoms with Crippen LogP contribution < -0.4 is 15.4 Å². The first-order valence-electron chi connectivity index (χ1n) is 11.7. The van der Waals surface area contributed by atoms with E-state index in [-0.39, 0.29) is 23.0 Å². The van der Waals surface area contributed by atoms with Crippen molar-refractivity contribution < 1.29 is 14.3 Å². The Morgan fingerprint density at radius 3 is 2.47 bits per heavy atom. The summed E-state index contributed by atoms with van der Waals surface area (Å²) < 4.78 is 7.34. The van der Waals surface area contributed by atoms with Crippen LogP contribution in [-0.2, 0) is 10.2 Å². The molecule has 4 aromatic rings. The summed E-state index contributed by atoms with van der Waals surface area (Å²) in [5.74, 6) is 0.840. The Bertz CT molecular complexity index is 1330. The molecule has 0 saturated heterocycles. The Hall–Kier alpha value is -3.36. The zero-order chi connectivity index (χ0) is 25.5. The van der Waals surface area contributed by atoms with Crippen molar-refractivity contribution >= 4 is 50.8 Å². The summed E-state index contributed by atoms with van der Waals surface area (Å²) in [5, 5.41) is 5.83. The second-order valence-electron chi connectivity index (χ2n) is 9.24. The van der Waals surface area contributed by atoms with Gasteiger partial charge in [-0.05, 0) is 53.4 Å². The Labute approximate surface area is 219 Å². The summed E-state index contributed by atoms with van der Waals surface area (Å²) in [5.41, 5.74) is 3.39. The van der Waals surface area contributed by atoms with Crippen LogP contribution in [0.5, 0.6) is 5.75 Å². The molecule has 0 aliphatic carbocycles. The number of amides is 2. The predicted octanol–water partition coefficient (Wildman–Crippen LogP) is 6.13. The smallest absolute Gasteiger partial charge is 0.255 e. The van der Waals surface area contributed by atoms with Crippen LogP contribution in [0.25, 0.3) is 10.2 Å². The summed E-state index contributed by atoms with van der Waals surface area (Å²) in [7, 11) is 0. The maximum Gasteiger partial charge on any atom is 0.255 e. The van der Waals surface area contributed by atoms with Crippen LogP contribution in [0.4, 0.5) is 5.69 Å². The third-order valence-electron chi connectivity index (χ3n) is 5.40. The van der Waals surface area contributed by atoms with Crippen LogP contribution in [0.15, 0.2) is 77.1 Å². The van der Waals surface area contributed by atoms with Gasteiger partial charge in [-0.1, -0.05) is 62.9 Å². The van der Waals surface area contributed by atoms with E-state index >= 15 is 0 Å². The lowest BCUT2D eigenvalue weighted by Crippen LogP contribution is -2.29. The molecule has 1 heterocycles. The highest BCUT2D eigenvalue weighted by atomic mass is 32.2. The van der Waals surface area contributed by atoms with Crippen LogP contribution in [0.2, 0.25) is 0 Å². The molecule has 36 heavy (non-hydrogen) atoms. The third-order valence-corrected chi connectivity index (χ3v) is 7.56. The van der Waals surface area contributed by atoms with Gasteiger partial charge in [-0.3, -0.25) is 9.59 Å². The standard InChI is InChI=1S/C28H29N3O3S2/c1-28(2,3)20-11-9-19(10-12-20)26(33)30-21-13-14-23-24(17-21)36-27(31-23)35-18-25(32)29-15-16-34-22-7-5-4-6-8-22/h4-14,17H,15-16,18H2,1-3H3,(H,29,32)(H,30,33). The molecule has 2 N–H and O–H groups in total. The number of aromatic nitrogens is 1.